The molecule has 1 aromatic carbocycles. The summed E-state index contributed by atoms with van der Waals surface area (Å²) in [6.07, 6.45) is 0. The van der Waals surface area contributed by atoms with Crippen molar-refractivity contribution in [1.29, 1.82) is 0 Å². The minimum Gasteiger partial charge on any atom is -0.480 e. The predicted molar refractivity (Wildman–Crippen MR) is 65.9 cm³/mol. The average molecular weight is 260 g/mol. The Morgan fingerprint density at radius 3 is 2.68 bits per heavy atom. The topological polar surface area (TPSA) is 81.4 Å². The van der Waals surface area contributed by atoms with Gasteiger partial charge in [0, 0.05) is 12.3 Å². The number of Topliss-reactive ketones (excluding diaryl/α,β-unsaturated/α-hetero) is 1. The lowest BCUT2D eigenvalue weighted by atomic mass is 10.1. The number of carboxylic acid groups (broad SMARTS) is 1. The summed E-state index contributed by atoms with van der Waals surface area (Å²) in [6, 6.07) is 3.74. The van der Waals surface area contributed by atoms with E-state index in [0.717, 1.165) is 11.1 Å². The Labute approximate surface area is 108 Å². The van der Waals surface area contributed by atoms with Crippen molar-refractivity contribution >= 4 is 22.7 Å². The summed E-state index contributed by atoms with van der Waals surface area (Å²) in [6.45, 7) is 2.20. The smallest absolute Gasteiger partial charge is 0.325 e. The molecule has 1 aromatic heterocycles. The zero-order chi connectivity index (χ0) is 13.6. The summed E-state index contributed by atoms with van der Waals surface area (Å²) < 4.78 is 6.70. The van der Waals surface area contributed by atoms with E-state index in [0.29, 0.717) is 29.8 Å². The zero-order valence-electron chi connectivity index (χ0n) is 10.3. The highest BCUT2D eigenvalue weighted by atomic mass is 16.5. The zero-order valence-corrected chi connectivity index (χ0v) is 10.3. The molecule has 19 heavy (non-hydrogen) atoms. The molecule has 2 heterocycles. The number of carbonyl (C=O) groups is 2. The molecule has 0 saturated carbocycles. The maximum Gasteiger partial charge on any atom is 0.325 e. The van der Waals surface area contributed by atoms with Crippen LogP contribution in [0.3, 0.4) is 0 Å². The van der Waals surface area contributed by atoms with Crippen LogP contribution < -0.4 is 0 Å². The third kappa shape index (κ3) is 1.90. The summed E-state index contributed by atoms with van der Waals surface area (Å²) in [7, 11) is 0. The first-order valence-electron chi connectivity index (χ1n) is 5.89. The second-order valence-electron chi connectivity index (χ2n) is 4.59. The highest BCUT2D eigenvalue weighted by Gasteiger charge is 2.20. The number of carbonyl (C=O) groups excluding carboxylic acids is 1. The summed E-state index contributed by atoms with van der Waals surface area (Å²) in [4.78, 5) is 22.5. The van der Waals surface area contributed by atoms with E-state index >= 15 is 0 Å². The number of rotatable bonds is 3. The van der Waals surface area contributed by atoms with Crippen LogP contribution >= 0.6 is 0 Å². The number of aliphatic carboxylic acids is 1. The van der Waals surface area contributed by atoms with Crippen molar-refractivity contribution in [3.05, 3.63) is 29.0 Å². The maximum atomic E-state index is 11.6. The number of aromatic nitrogens is 2. The van der Waals surface area contributed by atoms with Gasteiger partial charge >= 0.3 is 5.97 Å². The molecule has 1 N–H and O–H groups in total. The van der Waals surface area contributed by atoms with Crippen LogP contribution in [-0.4, -0.2) is 26.6 Å². The maximum absolute atomic E-state index is 11.6. The van der Waals surface area contributed by atoms with E-state index in [4.69, 9.17) is 9.84 Å². The molecule has 1 aliphatic rings. The quantitative estimate of drug-likeness (QED) is 0.842. The van der Waals surface area contributed by atoms with Crippen molar-refractivity contribution < 1.29 is 19.4 Å². The lowest BCUT2D eigenvalue weighted by molar-refractivity contribution is -0.137. The van der Waals surface area contributed by atoms with Gasteiger partial charge in [-0.3, -0.25) is 14.3 Å². The fourth-order valence-electron chi connectivity index (χ4n) is 2.36. The summed E-state index contributed by atoms with van der Waals surface area (Å²) in [5, 5.41) is 13.7. The number of hydrogen-bond donors (Lipinski definition) is 1. The molecular weight excluding hydrogens is 248 g/mol. The Balaban J connectivity index is 2.26. The fourth-order valence-corrected chi connectivity index (χ4v) is 2.36. The van der Waals surface area contributed by atoms with Gasteiger partial charge in [0.2, 0.25) is 0 Å². The highest BCUT2D eigenvalue weighted by molar-refractivity contribution is 6.05. The lowest BCUT2D eigenvalue weighted by Crippen LogP contribution is -2.10. The molecule has 6 nitrogen and oxygen atoms in total. The van der Waals surface area contributed by atoms with E-state index in [-0.39, 0.29) is 12.3 Å². The molecule has 0 amide bonds. The first kappa shape index (κ1) is 11.9. The van der Waals surface area contributed by atoms with Crippen LogP contribution in [0, 0.1) is 0 Å². The number of ketones is 1. The molecule has 0 aliphatic carbocycles. The molecular formula is C13H12N2O4. The van der Waals surface area contributed by atoms with E-state index < -0.39 is 5.97 Å². The fraction of sp³-hybridized carbons (Fsp3) is 0.308. The molecule has 0 fully saturated rings. The first-order valence-corrected chi connectivity index (χ1v) is 5.89. The summed E-state index contributed by atoms with van der Waals surface area (Å²) in [5.74, 6) is -1.16. The van der Waals surface area contributed by atoms with E-state index in [1.165, 1.54) is 11.6 Å². The Kier molecular flexibility index (Phi) is 2.60. The molecule has 6 heteroatoms. The van der Waals surface area contributed by atoms with Crippen LogP contribution in [0.15, 0.2) is 12.1 Å². The summed E-state index contributed by atoms with van der Waals surface area (Å²) in [5.41, 5.74) is 3.03. The monoisotopic (exact) mass is 260 g/mol. The Hall–Kier alpha value is -2.21. The van der Waals surface area contributed by atoms with Crippen molar-refractivity contribution in [2.24, 2.45) is 0 Å². The number of benzene rings is 1. The van der Waals surface area contributed by atoms with Crippen molar-refractivity contribution in [2.75, 3.05) is 0 Å². The molecule has 0 radical (unpaired) electrons. The Morgan fingerprint density at radius 1 is 1.37 bits per heavy atom. The summed E-state index contributed by atoms with van der Waals surface area (Å²) >= 11 is 0. The first-order chi connectivity index (χ1) is 9.06. The van der Waals surface area contributed by atoms with Crippen LogP contribution in [0.25, 0.3) is 10.9 Å². The average Bonchev–Trinajstić information content (AvgIpc) is 2.90. The van der Waals surface area contributed by atoms with Crippen LogP contribution in [-0.2, 0) is 29.3 Å². The molecule has 2 aromatic rings. The normalized spacial score (nSPS) is 13.7. The van der Waals surface area contributed by atoms with E-state index in [1.807, 2.05) is 12.1 Å². The van der Waals surface area contributed by atoms with Gasteiger partial charge < -0.3 is 9.84 Å². The number of nitrogens with zero attached hydrogens (tertiary/aromatic N) is 2. The molecule has 3 rings (SSSR count). The van der Waals surface area contributed by atoms with E-state index in [1.54, 1.807) is 0 Å². The number of carboxylic acids is 1. The second kappa shape index (κ2) is 4.17. The second-order valence-corrected chi connectivity index (χ2v) is 4.59. The van der Waals surface area contributed by atoms with Crippen LogP contribution in [0.4, 0.5) is 0 Å². The van der Waals surface area contributed by atoms with E-state index in [9.17, 15) is 9.59 Å². The molecule has 1 aliphatic heterocycles. The van der Waals surface area contributed by atoms with Crippen LogP contribution in [0.1, 0.15) is 28.5 Å². The highest BCUT2D eigenvalue weighted by Crippen LogP contribution is 2.28. The van der Waals surface area contributed by atoms with Crippen LogP contribution in [0.5, 0.6) is 0 Å². The molecule has 0 unspecified atom stereocenters. The standard InChI is InChI=1S/C13H12N2O4/c1-7(16)13-10-2-8-5-19-6-9(8)3-11(10)15(14-13)4-12(17)18/h2-3H,4-6H2,1H3,(H,17,18). The molecule has 0 atom stereocenters. The van der Waals surface area contributed by atoms with Gasteiger partial charge in [0.15, 0.2) is 5.78 Å². The van der Waals surface area contributed by atoms with Crippen molar-refractivity contribution in [3.8, 4) is 0 Å². The lowest BCUT2D eigenvalue weighted by Gasteiger charge is -2.01. The van der Waals surface area contributed by atoms with Crippen molar-refractivity contribution in [2.45, 2.75) is 26.7 Å². The van der Waals surface area contributed by atoms with Crippen molar-refractivity contribution in [3.63, 3.8) is 0 Å². The number of fused-ring (bicyclic) bond motifs is 2. The Morgan fingerprint density at radius 2 is 2.05 bits per heavy atom. The predicted octanol–water partition coefficient (Wildman–Crippen LogP) is 1.35. The largest absolute Gasteiger partial charge is 0.480 e. The SMILES string of the molecule is CC(=O)c1nn(CC(=O)O)c2cc3c(cc12)COC3. The Bertz CT molecular complexity index is 702. The molecule has 0 spiro atoms. The molecule has 0 bridgehead atoms. The third-order valence-electron chi connectivity index (χ3n) is 3.21. The minimum atomic E-state index is -0.990. The van der Waals surface area contributed by atoms with E-state index in [2.05, 4.69) is 5.10 Å². The van der Waals surface area contributed by atoms with Gasteiger partial charge in [-0.1, -0.05) is 0 Å². The van der Waals surface area contributed by atoms with Gasteiger partial charge in [0.1, 0.15) is 12.2 Å². The van der Waals surface area contributed by atoms with Crippen LogP contribution in [0.2, 0.25) is 0 Å². The van der Waals surface area contributed by atoms with Gasteiger partial charge in [-0.05, 0) is 23.3 Å². The molecule has 0 saturated heterocycles. The van der Waals surface area contributed by atoms with Gasteiger partial charge in [-0.2, -0.15) is 5.10 Å². The molecule has 98 valence electrons. The minimum absolute atomic E-state index is 0.173. The number of hydrogen-bond acceptors (Lipinski definition) is 4. The van der Waals surface area contributed by atoms with Crippen molar-refractivity contribution in [1.82, 2.24) is 9.78 Å². The van der Waals surface area contributed by atoms with Gasteiger partial charge in [-0.25, -0.2) is 0 Å². The third-order valence-corrected chi connectivity index (χ3v) is 3.21. The van der Waals surface area contributed by atoms with Gasteiger partial charge in [0.25, 0.3) is 0 Å². The van der Waals surface area contributed by atoms with Gasteiger partial charge in [-0.15, -0.1) is 0 Å². The van der Waals surface area contributed by atoms with Gasteiger partial charge in [0.05, 0.1) is 18.7 Å². The number of ether oxygens (including phenoxy) is 1.